The summed E-state index contributed by atoms with van der Waals surface area (Å²) >= 11 is 0. The lowest BCUT2D eigenvalue weighted by atomic mass is 10.1. The number of benzene rings is 1. The molecule has 26 heavy (non-hydrogen) atoms. The first-order chi connectivity index (χ1) is 12.3. The van der Waals surface area contributed by atoms with E-state index in [9.17, 15) is 8.78 Å². The molecule has 0 radical (unpaired) electrons. The van der Waals surface area contributed by atoms with E-state index >= 15 is 0 Å². The van der Waals surface area contributed by atoms with Crippen LogP contribution in [-0.2, 0) is 5.92 Å². The average Bonchev–Trinajstić information content (AvgIpc) is 2.59. The second-order valence-corrected chi connectivity index (χ2v) is 6.34. The molecule has 5 heteroatoms. The summed E-state index contributed by atoms with van der Waals surface area (Å²) in [5, 5.41) is 3.20. The van der Waals surface area contributed by atoms with Gasteiger partial charge < -0.3 is 10.2 Å². The number of amidine groups is 1. The zero-order valence-corrected chi connectivity index (χ0v) is 16.4. The predicted octanol–water partition coefficient (Wildman–Crippen LogP) is 6.17. The molecule has 1 N–H and O–H groups in total. The Morgan fingerprint density at radius 3 is 2.35 bits per heavy atom. The van der Waals surface area contributed by atoms with Gasteiger partial charge in [-0.05, 0) is 31.9 Å². The van der Waals surface area contributed by atoms with Crippen LogP contribution in [-0.4, -0.2) is 23.8 Å². The number of rotatable bonds is 10. The Morgan fingerprint density at radius 1 is 1.19 bits per heavy atom. The molecule has 0 bridgehead atoms. The SMILES string of the molecule is C=C(Nc1ccc(C(C)(F)F)cc1)C(=N/C=C\C)N(CCC)CCCC. The van der Waals surface area contributed by atoms with Gasteiger partial charge in [-0.1, -0.05) is 45.1 Å². The maximum atomic E-state index is 13.4. The van der Waals surface area contributed by atoms with Gasteiger partial charge in [0.25, 0.3) is 5.92 Å². The van der Waals surface area contributed by atoms with E-state index < -0.39 is 5.92 Å². The Labute approximate surface area is 156 Å². The fourth-order valence-corrected chi connectivity index (χ4v) is 2.51. The van der Waals surface area contributed by atoms with Crippen molar-refractivity contribution in [1.29, 1.82) is 0 Å². The molecule has 0 aliphatic heterocycles. The van der Waals surface area contributed by atoms with Crippen molar-refractivity contribution in [3.05, 3.63) is 54.4 Å². The lowest BCUT2D eigenvalue weighted by Crippen LogP contribution is -2.35. The highest BCUT2D eigenvalue weighted by molar-refractivity contribution is 6.00. The number of allylic oxidation sites excluding steroid dienone is 1. The van der Waals surface area contributed by atoms with Gasteiger partial charge in [0.05, 0.1) is 5.70 Å². The predicted molar refractivity (Wildman–Crippen MR) is 108 cm³/mol. The summed E-state index contributed by atoms with van der Waals surface area (Å²) in [6, 6.07) is 6.14. The molecule has 0 saturated heterocycles. The van der Waals surface area contributed by atoms with Gasteiger partial charge in [-0.3, -0.25) is 0 Å². The van der Waals surface area contributed by atoms with Crippen molar-refractivity contribution in [2.24, 2.45) is 4.99 Å². The molecule has 0 unspecified atom stereocenters. The summed E-state index contributed by atoms with van der Waals surface area (Å²) in [6.07, 6.45) is 6.80. The second kappa shape index (κ2) is 10.7. The monoisotopic (exact) mass is 363 g/mol. The molecule has 0 atom stereocenters. The van der Waals surface area contributed by atoms with Crippen LogP contribution in [0.25, 0.3) is 0 Å². The lowest BCUT2D eigenvalue weighted by Gasteiger charge is -2.27. The van der Waals surface area contributed by atoms with Crippen LogP contribution in [0.3, 0.4) is 0 Å². The summed E-state index contributed by atoms with van der Waals surface area (Å²) in [5.41, 5.74) is 1.36. The Kier molecular flexibility index (Phi) is 9.03. The second-order valence-electron chi connectivity index (χ2n) is 6.34. The van der Waals surface area contributed by atoms with Crippen molar-refractivity contribution in [3.8, 4) is 0 Å². The van der Waals surface area contributed by atoms with Gasteiger partial charge in [0.15, 0.2) is 5.84 Å². The number of hydrogen-bond acceptors (Lipinski definition) is 2. The first kappa shape index (κ1) is 21.9. The van der Waals surface area contributed by atoms with Crippen LogP contribution in [0, 0.1) is 0 Å². The van der Waals surface area contributed by atoms with Crippen LogP contribution < -0.4 is 5.32 Å². The molecule has 144 valence electrons. The molecular formula is C21H31F2N3. The van der Waals surface area contributed by atoms with Crippen LogP contribution in [0.2, 0.25) is 0 Å². The van der Waals surface area contributed by atoms with Crippen molar-refractivity contribution < 1.29 is 8.78 Å². The van der Waals surface area contributed by atoms with Gasteiger partial charge in [0.2, 0.25) is 0 Å². The minimum absolute atomic E-state index is 0.00738. The minimum Gasteiger partial charge on any atom is -0.355 e. The number of nitrogens with zero attached hydrogens (tertiary/aromatic N) is 2. The first-order valence-corrected chi connectivity index (χ1v) is 9.22. The topological polar surface area (TPSA) is 27.6 Å². The zero-order valence-electron chi connectivity index (χ0n) is 16.4. The highest BCUT2D eigenvalue weighted by atomic mass is 19.3. The number of halogens is 2. The van der Waals surface area contributed by atoms with Crippen LogP contribution in [0.5, 0.6) is 0 Å². The van der Waals surface area contributed by atoms with Crippen molar-refractivity contribution in [3.63, 3.8) is 0 Å². The van der Waals surface area contributed by atoms with Gasteiger partial charge in [-0.15, -0.1) is 0 Å². The van der Waals surface area contributed by atoms with Gasteiger partial charge in [0, 0.05) is 37.5 Å². The number of nitrogens with one attached hydrogen (secondary N) is 1. The van der Waals surface area contributed by atoms with Gasteiger partial charge >= 0.3 is 0 Å². The summed E-state index contributed by atoms with van der Waals surface area (Å²) in [4.78, 5) is 6.76. The minimum atomic E-state index is -2.84. The Morgan fingerprint density at radius 2 is 1.85 bits per heavy atom. The van der Waals surface area contributed by atoms with Gasteiger partial charge in [0.1, 0.15) is 0 Å². The van der Waals surface area contributed by atoms with E-state index in [1.54, 1.807) is 18.3 Å². The number of aliphatic imine (C=N–C) groups is 1. The average molecular weight is 363 g/mol. The highest BCUT2D eigenvalue weighted by Crippen LogP contribution is 2.28. The third kappa shape index (κ3) is 6.98. The van der Waals surface area contributed by atoms with Crippen molar-refractivity contribution >= 4 is 11.5 Å². The van der Waals surface area contributed by atoms with E-state index in [0.717, 1.165) is 45.1 Å². The Hall–Kier alpha value is -2.17. The third-order valence-corrected chi connectivity index (χ3v) is 3.88. The molecule has 1 rings (SSSR count). The Balaban J connectivity index is 2.98. The van der Waals surface area contributed by atoms with Gasteiger partial charge in [-0.25, -0.2) is 13.8 Å². The fourth-order valence-electron chi connectivity index (χ4n) is 2.51. The smallest absolute Gasteiger partial charge is 0.270 e. The quantitative estimate of drug-likeness (QED) is 0.398. The number of alkyl halides is 2. The fraction of sp³-hybridized carbons (Fsp3) is 0.476. The maximum Gasteiger partial charge on any atom is 0.270 e. The number of unbranched alkanes of at least 4 members (excludes halogenated alkanes) is 1. The Bertz CT molecular complexity index is 613. The number of anilines is 1. The van der Waals surface area contributed by atoms with Crippen molar-refractivity contribution in [1.82, 2.24) is 4.90 Å². The van der Waals surface area contributed by atoms with Crippen LogP contribution in [0.4, 0.5) is 14.5 Å². The summed E-state index contributed by atoms with van der Waals surface area (Å²) < 4.78 is 26.7. The zero-order chi connectivity index (χ0) is 19.6. The summed E-state index contributed by atoms with van der Waals surface area (Å²) in [6.45, 7) is 13.0. The van der Waals surface area contributed by atoms with Gasteiger partial charge in [-0.2, -0.15) is 0 Å². The molecule has 0 fully saturated rings. The van der Waals surface area contributed by atoms with Crippen molar-refractivity contribution in [2.75, 3.05) is 18.4 Å². The normalized spacial score (nSPS) is 12.5. The molecule has 0 spiro atoms. The summed E-state index contributed by atoms with van der Waals surface area (Å²) in [7, 11) is 0. The lowest BCUT2D eigenvalue weighted by molar-refractivity contribution is 0.0175. The third-order valence-electron chi connectivity index (χ3n) is 3.88. The van der Waals surface area contributed by atoms with Crippen molar-refractivity contribution in [2.45, 2.75) is 52.9 Å². The van der Waals surface area contributed by atoms with E-state index in [1.165, 1.54) is 12.1 Å². The van der Waals surface area contributed by atoms with E-state index in [4.69, 9.17) is 0 Å². The molecule has 0 aromatic heterocycles. The molecular weight excluding hydrogens is 332 g/mol. The molecule has 0 aliphatic carbocycles. The molecule has 0 saturated carbocycles. The first-order valence-electron chi connectivity index (χ1n) is 9.22. The van der Waals surface area contributed by atoms with E-state index in [1.807, 2.05) is 13.0 Å². The van der Waals surface area contributed by atoms with E-state index in [-0.39, 0.29) is 5.56 Å². The van der Waals surface area contributed by atoms with E-state index in [0.29, 0.717) is 11.4 Å². The maximum absolute atomic E-state index is 13.4. The highest BCUT2D eigenvalue weighted by Gasteiger charge is 2.23. The molecule has 1 aromatic carbocycles. The number of hydrogen-bond donors (Lipinski definition) is 1. The molecule has 3 nitrogen and oxygen atoms in total. The molecule has 1 aromatic rings. The molecule has 0 heterocycles. The van der Waals surface area contributed by atoms with Crippen LogP contribution in [0.1, 0.15) is 52.5 Å². The van der Waals surface area contributed by atoms with Crippen LogP contribution >= 0.6 is 0 Å². The van der Waals surface area contributed by atoms with Crippen LogP contribution in [0.15, 0.2) is 53.8 Å². The standard InChI is InChI=1S/C21H31F2N3/c1-6-9-16-26(15-8-3)20(24-14-7-2)17(4)25-19-12-10-18(11-13-19)21(5,22)23/h7,10-14,25H,4,6,8-9,15-16H2,1-3,5H3/b14-7-,24-20?. The van der Waals surface area contributed by atoms with E-state index in [2.05, 4.69) is 35.6 Å². The summed E-state index contributed by atoms with van der Waals surface area (Å²) in [5.74, 6) is -2.06. The molecule has 0 amide bonds. The largest absolute Gasteiger partial charge is 0.355 e. The molecule has 0 aliphatic rings.